The molecule has 15 heavy (non-hydrogen) atoms. The van der Waals surface area contributed by atoms with Gasteiger partial charge in [-0.25, -0.2) is 0 Å². The summed E-state index contributed by atoms with van der Waals surface area (Å²) in [7, 11) is 1.66. The second-order valence-electron chi connectivity index (χ2n) is 2.89. The predicted molar refractivity (Wildman–Crippen MR) is 63.1 cm³/mol. The largest absolute Gasteiger partial charge is 0.382 e. The van der Waals surface area contributed by atoms with Crippen molar-refractivity contribution < 1.29 is 9.47 Å². The number of hydrogen-bond acceptors (Lipinski definition) is 4. The summed E-state index contributed by atoms with van der Waals surface area (Å²) in [5.41, 5.74) is 1.03. The van der Waals surface area contributed by atoms with Gasteiger partial charge in [0, 0.05) is 26.0 Å². The fourth-order valence-corrected chi connectivity index (χ4v) is 1.41. The Balaban J connectivity index is 2.12. The van der Waals surface area contributed by atoms with Gasteiger partial charge in [-0.1, -0.05) is 0 Å². The first kappa shape index (κ1) is 12.4. The highest BCUT2D eigenvalue weighted by Gasteiger charge is 1.96. The Morgan fingerprint density at radius 3 is 3.00 bits per heavy atom. The van der Waals surface area contributed by atoms with Crippen LogP contribution in [0.25, 0.3) is 0 Å². The Morgan fingerprint density at radius 1 is 1.40 bits per heavy atom. The number of anilines is 1. The van der Waals surface area contributed by atoms with Gasteiger partial charge in [0.05, 0.1) is 30.0 Å². The molecule has 0 aliphatic rings. The van der Waals surface area contributed by atoms with Crippen molar-refractivity contribution in [2.75, 3.05) is 38.8 Å². The molecule has 1 N–H and O–H groups in total. The third kappa shape index (κ3) is 5.11. The molecular weight excluding hydrogens is 260 g/mol. The first-order chi connectivity index (χ1) is 7.34. The minimum Gasteiger partial charge on any atom is -0.382 e. The highest BCUT2D eigenvalue weighted by molar-refractivity contribution is 9.10. The molecule has 0 aliphatic carbocycles. The maximum absolute atomic E-state index is 5.32. The van der Waals surface area contributed by atoms with Crippen molar-refractivity contribution in [3.8, 4) is 0 Å². The summed E-state index contributed by atoms with van der Waals surface area (Å²) in [4.78, 5) is 3.98. The van der Waals surface area contributed by atoms with Gasteiger partial charge in [0.25, 0.3) is 0 Å². The van der Waals surface area contributed by atoms with E-state index in [0.29, 0.717) is 19.8 Å². The van der Waals surface area contributed by atoms with E-state index in [4.69, 9.17) is 9.47 Å². The van der Waals surface area contributed by atoms with Gasteiger partial charge in [0.15, 0.2) is 0 Å². The van der Waals surface area contributed by atoms with Gasteiger partial charge >= 0.3 is 0 Å². The van der Waals surface area contributed by atoms with Crippen molar-refractivity contribution >= 4 is 21.6 Å². The number of pyridine rings is 1. The van der Waals surface area contributed by atoms with Crippen LogP contribution in [0.5, 0.6) is 0 Å². The van der Waals surface area contributed by atoms with Crippen LogP contribution >= 0.6 is 15.9 Å². The fraction of sp³-hybridized carbons (Fsp3) is 0.500. The average Bonchev–Trinajstić information content (AvgIpc) is 2.25. The van der Waals surface area contributed by atoms with Crippen molar-refractivity contribution in [1.29, 1.82) is 0 Å². The van der Waals surface area contributed by atoms with Crippen LogP contribution < -0.4 is 5.32 Å². The Kier molecular flexibility index (Phi) is 6.31. The maximum atomic E-state index is 5.32. The molecule has 0 fully saturated rings. The minimum atomic E-state index is 0.635. The molecule has 1 heterocycles. The Morgan fingerprint density at radius 2 is 2.27 bits per heavy atom. The van der Waals surface area contributed by atoms with Gasteiger partial charge in [0.2, 0.25) is 0 Å². The summed E-state index contributed by atoms with van der Waals surface area (Å²) in [6, 6.07) is 1.92. The molecule has 1 rings (SSSR count). The lowest BCUT2D eigenvalue weighted by Crippen LogP contribution is -2.12. The molecular formula is C10H15BrN2O2. The third-order valence-electron chi connectivity index (χ3n) is 1.77. The van der Waals surface area contributed by atoms with Crippen molar-refractivity contribution in [1.82, 2.24) is 4.98 Å². The lowest BCUT2D eigenvalue weighted by molar-refractivity contribution is 0.0759. The standard InChI is InChI=1S/C10H15BrN2O2/c1-14-6-7-15-5-4-13-10-2-3-12-8-9(10)11/h2-3,8H,4-7H2,1H3,(H,12,13). The van der Waals surface area contributed by atoms with Crippen molar-refractivity contribution in [3.63, 3.8) is 0 Å². The monoisotopic (exact) mass is 274 g/mol. The van der Waals surface area contributed by atoms with Gasteiger partial charge in [-0.05, 0) is 22.0 Å². The smallest absolute Gasteiger partial charge is 0.0701 e. The molecule has 0 aromatic carbocycles. The molecule has 84 valence electrons. The molecule has 0 atom stereocenters. The average molecular weight is 275 g/mol. The topological polar surface area (TPSA) is 43.4 Å². The van der Waals surface area contributed by atoms with Gasteiger partial charge in [0.1, 0.15) is 0 Å². The molecule has 0 saturated carbocycles. The minimum absolute atomic E-state index is 0.635. The van der Waals surface area contributed by atoms with Crippen LogP contribution in [0.15, 0.2) is 22.9 Å². The number of aromatic nitrogens is 1. The predicted octanol–water partition coefficient (Wildman–Crippen LogP) is 1.92. The molecule has 0 bridgehead atoms. The zero-order chi connectivity index (χ0) is 10.9. The highest BCUT2D eigenvalue weighted by Crippen LogP contribution is 2.19. The number of hydrogen-bond donors (Lipinski definition) is 1. The van der Waals surface area contributed by atoms with Crippen LogP contribution in [0.4, 0.5) is 5.69 Å². The van der Waals surface area contributed by atoms with Crippen LogP contribution in [0.3, 0.4) is 0 Å². The van der Waals surface area contributed by atoms with Crippen LogP contribution in [-0.4, -0.2) is 38.5 Å². The second kappa shape index (κ2) is 7.62. The van der Waals surface area contributed by atoms with E-state index in [9.17, 15) is 0 Å². The molecule has 4 nitrogen and oxygen atoms in total. The van der Waals surface area contributed by atoms with Crippen LogP contribution in [-0.2, 0) is 9.47 Å². The van der Waals surface area contributed by atoms with Crippen LogP contribution in [0.2, 0.25) is 0 Å². The Labute approximate surface area is 98.1 Å². The molecule has 0 spiro atoms. The van der Waals surface area contributed by atoms with Crippen LogP contribution in [0, 0.1) is 0 Å². The van der Waals surface area contributed by atoms with E-state index in [-0.39, 0.29) is 0 Å². The molecule has 0 saturated heterocycles. The number of rotatable bonds is 7. The van der Waals surface area contributed by atoms with Gasteiger partial charge < -0.3 is 14.8 Å². The quantitative estimate of drug-likeness (QED) is 0.772. The van der Waals surface area contributed by atoms with E-state index in [1.54, 1.807) is 19.5 Å². The molecule has 1 aromatic rings. The van der Waals surface area contributed by atoms with E-state index >= 15 is 0 Å². The lowest BCUT2D eigenvalue weighted by Gasteiger charge is -2.08. The van der Waals surface area contributed by atoms with E-state index in [2.05, 4.69) is 26.2 Å². The maximum Gasteiger partial charge on any atom is 0.0701 e. The number of ether oxygens (including phenoxy) is 2. The summed E-state index contributed by atoms with van der Waals surface area (Å²) in [6.45, 7) is 2.71. The van der Waals surface area contributed by atoms with Crippen molar-refractivity contribution in [2.45, 2.75) is 0 Å². The number of nitrogens with one attached hydrogen (secondary N) is 1. The summed E-state index contributed by atoms with van der Waals surface area (Å²) in [6.07, 6.45) is 3.51. The summed E-state index contributed by atoms with van der Waals surface area (Å²) >= 11 is 3.40. The fourth-order valence-electron chi connectivity index (χ4n) is 1.02. The molecule has 0 radical (unpaired) electrons. The molecule has 5 heteroatoms. The lowest BCUT2D eigenvalue weighted by atomic mass is 10.4. The number of nitrogens with zero attached hydrogens (tertiary/aromatic N) is 1. The van der Waals surface area contributed by atoms with Gasteiger partial charge in [-0.3, -0.25) is 4.98 Å². The van der Waals surface area contributed by atoms with Crippen molar-refractivity contribution in [2.24, 2.45) is 0 Å². The highest BCUT2D eigenvalue weighted by atomic mass is 79.9. The Hall–Kier alpha value is -0.650. The zero-order valence-corrected chi connectivity index (χ0v) is 10.3. The van der Waals surface area contributed by atoms with Crippen LogP contribution in [0.1, 0.15) is 0 Å². The molecule has 0 unspecified atom stereocenters. The second-order valence-corrected chi connectivity index (χ2v) is 3.74. The number of halogens is 1. The zero-order valence-electron chi connectivity index (χ0n) is 8.70. The summed E-state index contributed by atoms with van der Waals surface area (Å²) in [5.74, 6) is 0. The molecule has 1 aromatic heterocycles. The van der Waals surface area contributed by atoms with Gasteiger partial charge in [-0.15, -0.1) is 0 Å². The number of methoxy groups -OCH3 is 1. The molecule has 0 amide bonds. The van der Waals surface area contributed by atoms with E-state index in [1.165, 1.54) is 0 Å². The van der Waals surface area contributed by atoms with E-state index in [1.807, 2.05) is 6.07 Å². The van der Waals surface area contributed by atoms with Gasteiger partial charge in [-0.2, -0.15) is 0 Å². The first-order valence-corrected chi connectivity index (χ1v) is 5.54. The third-order valence-corrected chi connectivity index (χ3v) is 2.40. The molecule has 0 aliphatic heterocycles. The van der Waals surface area contributed by atoms with E-state index in [0.717, 1.165) is 16.7 Å². The summed E-state index contributed by atoms with van der Waals surface area (Å²) in [5, 5.41) is 3.24. The first-order valence-electron chi connectivity index (χ1n) is 4.74. The van der Waals surface area contributed by atoms with E-state index < -0.39 is 0 Å². The SMILES string of the molecule is COCCOCCNc1ccncc1Br. The Bertz CT molecular complexity index is 284. The van der Waals surface area contributed by atoms with Crippen molar-refractivity contribution in [3.05, 3.63) is 22.9 Å². The normalized spacial score (nSPS) is 10.3. The summed E-state index contributed by atoms with van der Waals surface area (Å²) < 4.78 is 11.1.